The van der Waals surface area contributed by atoms with E-state index in [1.165, 1.54) is 15.5 Å². The fourth-order valence-electron chi connectivity index (χ4n) is 4.09. The molecule has 2 aromatic rings. The molecular weight excluding hydrogens is 413 g/mol. The average Bonchev–Trinajstić information content (AvgIpc) is 2.77. The van der Waals surface area contributed by atoms with Gasteiger partial charge in [0.25, 0.3) is 5.56 Å². The number of morpholine rings is 1. The van der Waals surface area contributed by atoms with Crippen LogP contribution in [0.15, 0.2) is 35.1 Å². The maximum Gasteiger partial charge on any atom is 0.408 e. The Labute approximate surface area is 178 Å². The predicted molar refractivity (Wildman–Crippen MR) is 110 cm³/mol. The third-order valence-electron chi connectivity index (χ3n) is 5.72. The second kappa shape index (κ2) is 8.78. The number of rotatable bonds is 5. The van der Waals surface area contributed by atoms with Gasteiger partial charge in [0.05, 0.1) is 20.3 Å². The summed E-state index contributed by atoms with van der Waals surface area (Å²) in [6.45, 7) is 2.14. The highest BCUT2D eigenvalue weighted by atomic mass is 19.4. The molecule has 1 aromatic heterocycles. The summed E-state index contributed by atoms with van der Waals surface area (Å²) in [7, 11) is 1.54. The van der Waals surface area contributed by atoms with Crippen molar-refractivity contribution in [3.63, 3.8) is 0 Å². The summed E-state index contributed by atoms with van der Waals surface area (Å²) in [6.07, 6.45) is -4.25. The van der Waals surface area contributed by atoms with Crippen molar-refractivity contribution in [2.75, 3.05) is 49.8 Å². The first-order valence-corrected chi connectivity index (χ1v) is 10.3. The molecule has 1 atom stereocenters. The molecule has 4 rings (SSSR count). The monoisotopic (exact) mass is 438 g/mol. The molecule has 0 saturated carbocycles. The van der Waals surface area contributed by atoms with Crippen molar-refractivity contribution in [1.82, 2.24) is 9.55 Å². The molecule has 0 N–H and O–H groups in total. The molecule has 0 aliphatic carbocycles. The van der Waals surface area contributed by atoms with Gasteiger partial charge in [0, 0.05) is 32.2 Å². The van der Waals surface area contributed by atoms with Crippen LogP contribution in [0, 0.1) is 0 Å². The Hall–Kier alpha value is -2.75. The fraction of sp³-hybridized carbons (Fsp3) is 0.524. The maximum atomic E-state index is 13.9. The summed E-state index contributed by atoms with van der Waals surface area (Å²) in [5, 5.41) is 0. The molecule has 0 amide bonds. The first-order chi connectivity index (χ1) is 14.9. The van der Waals surface area contributed by atoms with Gasteiger partial charge in [-0.05, 0) is 30.5 Å². The number of alkyl halides is 3. The van der Waals surface area contributed by atoms with E-state index in [2.05, 4.69) is 4.98 Å². The van der Waals surface area contributed by atoms with E-state index in [0.717, 1.165) is 5.56 Å². The molecule has 168 valence electrons. The van der Waals surface area contributed by atoms with Crippen molar-refractivity contribution in [2.24, 2.45) is 0 Å². The van der Waals surface area contributed by atoms with Crippen LogP contribution in [0.3, 0.4) is 0 Å². The van der Waals surface area contributed by atoms with Gasteiger partial charge in [-0.25, -0.2) is 0 Å². The van der Waals surface area contributed by atoms with Crippen LogP contribution in [0.4, 0.5) is 24.9 Å². The molecular formula is C21H25F3N4O3. The van der Waals surface area contributed by atoms with Gasteiger partial charge < -0.3 is 19.3 Å². The number of fused-ring (bicyclic) bond motifs is 1. The number of halogens is 3. The van der Waals surface area contributed by atoms with Crippen LogP contribution >= 0.6 is 0 Å². The topological polar surface area (TPSA) is 59.8 Å². The highest BCUT2D eigenvalue weighted by molar-refractivity contribution is 5.47. The third kappa shape index (κ3) is 4.63. The van der Waals surface area contributed by atoms with E-state index in [9.17, 15) is 18.0 Å². The number of hydrogen-bond donors (Lipinski definition) is 0. The standard InChI is InChI=1S/C21H25F3N4O3/c1-30-16-4-2-3-15(13-16)5-7-27-17(21(22,23)24)6-8-28-19(29)14-18(25-20(27)28)26-9-11-31-12-10-26/h2-4,13-14,17H,5-12H2,1H3. The molecule has 2 aliphatic rings. The lowest BCUT2D eigenvalue weighted by molar-refractivity contribution is -0.152. The first kappa shape index (κ1) is 21.5. The molecule has 31 heavy (non-hydrogen) atoms. The third-order valence-corrected chi connectivity index (χ3v) is 5.72. The molecule has 1 saturated heterocycles. The highest BCUT2D eigenvalue weighted by Gasteiger charge is 2.46. The molecule has 1 unspecified atom stereocenters. The molecule has 10 heteroatoms. The van der Waals surface area contributed by atoms with Crippen molar-refractivity contribution in [2.45, 2.75) is 31.6 Å². The van der Waals surface area contributed by atoms with E-state index in [4.69, 9.17) is 9.47 Å². The minimum atomic E-state index is -4.42. The highest BCUT2D eigenvalue weighted by Crippen LogP contribution is 2.34. The minimum Gasteiger partial charge on any atom is -0.497 e. The van der Waals surface area contributed by atoms with Crippen LogP contribution < -0.4 is 20.1 Å². The van der Waals surface area contributed by atoms with Gasteiger partial charge in [0.15, 0.2) is 0 Å². The molecule has 1 fully saturated rings. The van der Waals surface area contributed by atoms with Gasteiger partial charge in [0.2, 0.25) is 5.95 Å². The number of hydrogen-bond acceptors (Lipinski definition) is 6. The summed E-state index contributed by atoms with van der Waals surface area (Å²) >= 11 is 0. The lowest BCUT2D eigenvalue weighted by Gasteiger charge is -2.39. The number of anilines is 2. The maximum absolute atomic E-state index is 13.9. The molecule has 0 radical (unpaired) electrons. The molecule has 2 aliphatic heterocycles. The Kier molecular flexibility index (Phi) is 6.08. The molecule has 0 bridgehead atoms. The Morgan fingerprint density at radius 1 is 1.19 bits per heavy atom. The molecule has 0 spiro atoms. The molecule has 1 aromatic carbocycles. The van der Waals surface area contributed by atoms with Crippen LogP contribution in [0.2, 0.25) is 0 Å². The largest absolute Gasteiger partial charge is 0.497 e. The zero-order chi connectivity index (χ0) is 22.0. The number of benzene rings is 1. The van der Waals surface area contributed by atoms with Gasteiger partial charge in [-0.3, -0.25) is 9.36 Å². The quantitative estimate of drug-likeness (QED) is 0.715. The predicted octanol–water partition coefficient (Wildman–Crippen LogP) is 2.47. The minimum absolute atomic E-state index is 0.00953. The second-order valence-corrected chi connectivity index (χ2v) is 7.64. The van der Waals surface area contributed by atoms with Crippen LogP contribution in [0.25, 0.3) is 0 Å². The van der Waals surface area contributed by atoms with Crippen molar-refractivity contribution < 1.29 is 22.6 Å². The van der Waals surface area contributed by atoms with Gasteiger partial charge in [-0.1, -0.05) is 12.1 Å². The lowest BCUT2D eigenvalue weighted by Crippen LogP contribution is -2.53. The van der Waals surface area contributed by atoms with E-state index >= 15 is 0 Å². The molecule has 3 heterocycles. The Morgan fingerprint density at radius 2 is 1.97 bits per heavy atom. The van der Waals surface area contributed by atoms with Gasteiger partial charge in [0.1, 0.15) is 17.6 Å². The average molecular weight is 438 g/mol. The van der Waals surface area contributed by atoms with Crippen LogP contribution in [-0.2, 0) is 17.7 Å². The van der Waals surface area contributed by atoms with Crippen molar-refractivity contribution >= 4 is 11.8 Å². The fourth-order valence-corrected chi connectivity index (χ4v) is 4.09. The Balaban J connectivity index is 1.68. The lowest BCUT2D eigenvalue weighted by atomic mass is 10.1. The number of methoxy groups -OCH3 is 1. The Morgan fingerprint density at radius 3 is 2.68 bits per heavy atom. The van der Waals surface area contributed by atoms with Crippen LogP contribution in [0.5, 0.6) is 5.75 Å². The summed E-state index contributed by atoms with van der Waals surface area (Å²) in [5.41, 5.74) is 0.516. The normalized spacial score (nSPS) is 19.3. The smallest absolute Gasteiger partial charge is 0.408 e. The number of aromatic nitrogens is 2. The zero-order valence-corrected chi connectivity index (χ0v) is 17.3. The van der Waals surface area contributed by atoms with Gasteiger partial charge in [-0.2, -0.15) is 18.2 Å². The number of nitrogens with zero attached hydrogens (tertiary/aromatic N) is 4. The summed E-state index contributed by atoms with van der Waals surface area (Å²) in [6, 6.07) is 6.96. The van der Waals surface area contributed by atoms with E-state index < -0.39 is 12.2 Å². The number of ether oxygens (including phenoxy) is 2. The van der Waals surface area contributed by atoms with E-state index in [-0.39, 0.29) is 31.0 Å². The van der Waals surface area contributed by atoms with Crippen molar-refractivity contribution in [3.8, 4) is 5.75 Å². The van der Waals surface area contributed by atoms with Crippen molar-refractivity contribution in [1.29, 1.82) is 0 Å². The van der Waals surface area contributed by atoms with E-state index in [1.807, 2.05) is 11.0 Å². The summed E-state index contributed by atoms with van der Waals surface area (Å²) in [4.78, 5) is 20.4. The van der Waals surface area contributed by atoms with Crippen LogP contribution in [0.1, 0.15) is 12.0 Å². The molecule has 7 nitrogen and oxygen atoms in total. The SMILES string of the molecule is COc1cccc(CCN2c3nc(N4CCOCC4)cc(=O)n3CCC2C(F)(F)F)c1. The Bertz CT molecular complexity index is 973. The zero-order valence-electron chi connectivity index (χ0n) is 17.3. The summed E-state index contributed by atoms with van der Waals surface area (Å²) in [5.74, 6) is 1.12. The first-order valence-electron chi connectivity index (χ1n) is 10.3. The van der Waals surface area contributed by atoms with Gasteiger partial charge >= 0.3 is 6.18 Å². The van der Waals surface area contributed by atoms with Gasteiger partial charge in [-0.15, -0.1) is 0 Å². The van der Waals surface area contributed by atoms with Crippen LogP contribution in [-0.4, -0.2) is 61.7 Å². The van der Waals surface area contributed by atoms with E-state index in [0.29, 0.717) is 44.3 Å². The second-order valence-electron chi connectivity index (χ2n) is 7.64. The van der Waals surface area contributed by atoms with E-state index in [1.54, 1.807) is 25.3 Å². The summed E-state index contributed by atoms with van der Waals surface area (Å²) < 4.78 is 53.5. The van der Waals surface area contributed by atoms with Crippen molar-refractivity contribution in [3.05, 3.63) is 46.2 Å².